The molecule has 0 aliphatic carbocycles. The molecular formula is C15H21N3OS. The predicted molar refractivity (Wildman–Crippen MR) is 82.5 cm³/mol. The van der Waals surface area contributed by atoms with Gasteiger partial charge in [0.1, 0.15) is 11.8 Å². The first-order chi connectivity index (χ1) is 9.72. The largest absolute Gasteiger partial charge is 0.384 e. The van der Waals surface area contributed by atoms with Crippen LogP contribution in [0.1, 0.15) is 45.2 Å². The van der Waals surface area contributed by atoms with Crippen LogP contribution in [0.15, 0.2) is 6.08 Å². The van der Waals surface area contributed by atoms with E-state index in [0.29, 0.717) is 11.9 Å². The van der Waals surface area contributed by atoms with E-state index in [1.807, 2.05) is 0 Å². The highest BCUT2D eigenvalue weighted by atomic mass is 32.1. The summed E-state index contributed by atoms with van der Waals surface area (Å²) in [6, 6.07) is 0.573. The van der Waals surface area contributed by atoms with Crippen LogP contribution < -0.4 is 4.74 Å². The molecule has 1 aromatic rings. The fraction of sp³-hybridized carbons (Fsp3) is 0.600. The molecule has 1 aliphatic rings. The van der Waals surface area contributed by atoms with Crippen molar-refractivity contribution in [3.05, 3.63) is 11.8 Å². The van der Waals surface area contributed by atoms with Crippen molar-refractivity contribution in [3.8, 4) is 17.9 Å². The molecule has 0 saturated carbocycles. The van der Waals surface area contributed by atoms with E-state index in [2.05, 4.69) is 52.6 Å². The number of ether oxygens (including phenoxy) is 1. The van der Waals surface area contributed by atoms with Crippen molar-refractivity contribution in [2.24, 2.45) is 0 Å². The Morgan fingerprint density at radius 3 is 3.10 bits per heavy atom. The third-order valence-electron chi connectivity index (χ3n) is 3.52. The molecule has 0 amide bonds. The summed E-state index contributed by atoms with van der Waals surface area (Å²) in [5, 5.41) is 0. The van der Waals surface area contributed by atoms with Crippen LogP contribution in [0.4, 0.5) is 0 Å². The second kappa shape index (κ2) is 7.41. The lowest BCUT2D eigenvalue weighted by Crippen LogP contribution is -2.33. The Bertz CT molecular complexity index is 527. The normalized spacial score (nSPS) is 19.1. The second-order valence-corrected chi connectivity index (χ2v) is 5.66. The van der Waals surface area contributed by atoms with E-state index >= 15 is 0 Å². The first kappa shape index (κ1) is 15.0. The molecule has 0 bridgehead atoms. The Balaban J connectivity index is 2.03. The van der Waals surface area contributed by atoms with E-state index in [0.717, 1.165) is 37.9 Å². The van der Waals surface area contributed by atoms with Crippen LogP contribution >= 0.6 is 11.7 Å². The average molecular weight is 291 g/mol. The average Bonchev–Trinajstić information content (AvgIpc) is 2.90. The van der Waals surface area contributed by atoms with Gasteiger partial charge in [0.25, 0.3) is 5.88 Å². The molecule has 1 aliphatic heterocycles. The minimum absolute atomic E-state index is 0.549. The van der Waals surface area contributed by atoms with Crippen molar-refractivity contribution in [2.45, 2.75) is 45.6 Å². The van der Waals surface area contributed by atoms with Gasteiger partial charge in [0.05, 0.1) is 11.7 Å². The number of aromatic nitrogens is 2. The number of unbranched alkanes of at least 4 members (excludes halogenated alkanes) is 2. The molecule has 0 saturated heterocycles. The molecule has 2 rings (SSSR count). The molecule has 4 nitrogen and oxygen atoms in total. The number of hydrogen-bond acceptors (Lipinski definition) is 5. The van der Waals surface area contributed by atoms with Crippen LogP contribution in [0.3, 0.4) is 0 Å². The Labute approximate surface area is 125 Å². The van der Waals surface area contributed by atoms with Crippen LogP contribution in [0.5, 0.6) is 5.88 Å². The van der Waals surface area contributed by atoms with Crippen molar-refractivity contribution < 1.29 is 4.74 Å². The summed E-state index contributed by atoms with van der Waals surface area (Å²) in [5.74, 6) is 3.55. The predicted octanol–water partition coefficient (Wildman–Crippen LogP) is 3.18. The van der Waals surface area contributed by atoms with Crippen molar-refractivity contribution in [3.63, 3.8) is 0 Å². The molecule has 1 unspecified atom stereocenters. The molecule has 1 aromatic heterocycles. The van der Waals surface area contributed by atoms with E-state index < -0.39 is 0 Å². The lowest BCUT2D eigenvalue weighted by Gasteiger charge is -2.28. The van der Waals surface area contributed by atoms with Crippen LogP contribution in [-0.4, -0.2) is 33.3 Å². The van der Waals surface area contributed by atoms with Gasteiger partial charge in [-0.25, -0.2) is 0 Å². The molecule has 0 N–H and O–H groups in total. The van der Waals surface area contributed by atoms with Gasteiger partial charge in [-0.3, -0.25) is 4.90 Å². The maximum Gasteiger partial charge on any atom is 0.269 e. The summed E-state index contributed by atoms with van der Waals surface area (Å²) < 4.78 is 14.0. The van der Waals surface area contributed by atoms with Gasteiger partial charge >= 0.3 is 0 Å². The summed E-state index contributed by atoms with van der Waals surface area (Å²) in [4.78, 5) is 2.31. The van der Waals surface area contributed by atoms with Crippen LogP contribution in [0.2, 0.25) is 0 Å². The molecule has 0 fully saturated rings. The van der Waals surface area contributed by atoms with Crippen LogP contribution in [0, 0.1) is 12.0 Å². The van der Waals surface area contributed by atoms with E-state index in [1.165, 1.54) is 17.3 Å². The molecule has 1 atom stereocenters. The molecule has 0 spiro atoms. The molecule has 2 heterocycles. The summed E-state index contributed by atoms with van der Waals surface area (Å²) in [6.45, 7) is 5.26. The fourth-order valence-electron chi connectivity index (χ4n) is 2.00. The first-order valence-corrected chi connectivity index (χ1v) is 7.82. The van der Waals surface area contributed by atoms with E-state index in [9.17, 15) is 0 Å². The zero-order valence-electron chi connectivity index (χ0n) is 12.3. The summed E-state index contributed by atoms with van der Waals surface area (Å²) in [6.07, 6.45) is 9.12. The highest BCUT2D eigenvalue weighted by molar-refractivity contribution is 6.99. The van der Waals surface area contributed by atoms with Crippen LogP contribution in [-0.2, 0) is 0 Å². The molecule has 5 heteroatoms. The lowest BCUT2D eigenvalue weighted by atomic mass is 10.0. The first-order valence-electron chi connectivity index (χ1n) is 7.09. The van der Waals surface area contributed by atoms with Gasteiger partial charge in [-0.05, 0) is 32.4 Å². The van der Waals surface area contributed by atoms with Crippen molar-refractivity contribution >= 4 is 17.3 Å². The quantitative estimate of drug-likeness (QED) is 0.631. The Morgan fingerprint density at radius 2 is 2.35 bits per heavy atom. The monoisotopic (exact) mass is 291 g/mol. The van der Waals surface area contributed by atoms with Gasteiger partial charge in [-0.1, -0.05) is 25.3 Å². The minimum atomic E-state index is 0.549. The van der Waals surface area contributed by atoms with Gasteiger partial charge < -0.3 is 4.74 Å². The third-order valence-corrected chi connectivity index (χ3v) is 4.03. The number of rotatable bonds is 4. The SMILES string of the molecule is CCCCC#COc1nsnc1C1=CCC(C)N(C)C1. The molecule has 108 valence electrons. The number of nitrogens with zero attached hydrogens (tertiary/aromatic N) is 3. The smallest absolute Gasteiger partial charge is 0.269 e. The van der Waals surface area contributed by atoms with Crippen molar-refractivity contribution in [1.82, 2.24) is 13.6 Å². The van der Waals surface area contributed by atoms with Crippen molar-refractivity contribution in [2.75, 3.05) is 13.6 Å². The van der Waals surface area contributed by atoms with Crippen molar-refractivity contribution in [1.29, 1.82) is 0 Å². The molecule has 20 heavy (non-hydrogen) atoms. The Morgan fingerprint density at radius 1 is 1.50 bits per heavy atom. The van der Waals surface area contributed by atoms with E-state index in [-0.39, 0.29) is 0 Å². The highest BCUT2D eigenvalue weighted by Gasteiger charge is 2.21. The van der Waals surface area contributed by atoms with Gasteiger partial charge in [-0.2, -0.15) is 4.37 Å². The fourth-order valence-corrected chi connectivity index (χ4v) is 2.51. The highest BCUT2D eigenvalue weighted by Crippen LogP contribution is 2.28. The number of likely N-dealkylation sites (N-methyl/N-ethyl adjacent to an activating group) is 1. The zero-order chi connectivity index (χ0) is 14.4. The van der Waals surface area contributed by atoms with E-state index in [4.69, 9.17) is 4.74 Å². The summed E-state index contributed by atoms with van der Waals surface area (Å²) in [5.41, 5.74) is 2.03. The topological polar surface area (TPSA) is 38.3 Å². The molecule has 0 radical (unpaired) electrons. The second-order valence-electron chi connectivity index (χ2n) is 5.13. The Kier molecular flexibility index (Phi) is 5.57. The standard InChI is InChI=1S/C15H21N3OS/c1-4-5-6-7-10-19-15-14(16-20-17-15)13-9-8-12(2)18(3)11-13/h9,12H,4-6,8,11H2,1-3H3. The third kappa shape index (κ3) is 3.81. The number of hydrogen-bond donors (Lipinski definition) is 0. The van der Waals surface area contributed by atoms with Gasteiger partial charge in [0.15, 0.2) is 0 Å². The maximum atomic E-state index is 5.46. The maximum absolute atomic E-state index is 5.46. The Hall–Kier alpha value is -1.38. The molecular weight excluding hydrogens is 270 g/mol. The van der Waals surface area contributed by atoms with Gasteiger partial charge in [-0.15, -0.1) is 4.37 Å². The van der Waals surface area contributed by atoms with Crippen LogP contribution in [0.25, 0.3) is 5.57 Å². The summed E-state index contributed by atoms with van der Waals surface area (Å²) in [7, 11) is 2.13. The van der Waals surface area contributed by atoms with Gasteiger partial charge in [0, 0.05) is 19.0 Å². The zero-order valence-corrected chi connectivity index (χ0v) is 13.2. The van der Waals surface area contributed by atoms with E-state index in [1.54, 1.807) is 0 Å². The lowest BCUT2D eigenvalue weighted by molar-refractivity contribution is 0.280. The van der Waals surface area contributed by atoms with Gasteiger partial charge in [0.2, 0.25) is 0 Å². The minimum Gasteiger partial charge on any atom is -0.384 e. The molecule has 0 aromatic carbocycles. The summed E-state index contributed by atoms with van der Waals surface area (Å²) >= 11 is 1.18.